The summed E-state index contributed by atoms with van der Waals surface area (Å²) in [6.07, 6.45) is 1.05. The first-order valence-corrected chi connectivity index (χ1v) is 10.6. The van der Waals surface area contributed by atoms with E-state index >= 15 is 0 Å². The number of hydrogen-bond acceptors (Lipinski definition) is 3. The molecule has 0 radical (unpaired) electrons. The van der Waals surface area contributed by atoms with E-state index in [0.717, 1.165) is 23.5 Å². The summed E-state index contributed by atoms with van der Waals surface area (Å²) in [6, 6.07) is 17.5. The molecule has 1 amide bonds. The number of benzene rings is 2. The zero-order valence-electron chi connectivity index (χ0n) is 15.7. The molecule has 5 heteroatoms. The van der Waals surface area contributed by atoms with Crippen LogP contribution in [-0.4, -0.2) is 17.0 Å². The third-order valence-electron chi connectivity index (χ3n) is 6.26. The third-order valence-corrected chi connectivity index (χ3v) is 7.14. The van der Waals surface area contributed by atoms with Crippen LogP contribution in [-0.2, 0) is 11.3 Å². The molecule has 4 nitrogen and oxygen atoms in total. The van der Waals surface area contributed by atoms with Gasteiger partial charge in [-0.2, -0.15) is 0 Å². The molecule has 3 aliphatic carbocycles. The molecule has 3 aliphatic rings. The first kappa shape index (κ1) is 17.4. The summed E-state index contributed by atoms with van der Waals surface area (Å²) < 4.78 is 1.54. The number of thiazole rings is 1. The molecule has 1 N–H and O–H groups in total. The first-order valence-electron chi connectivity index (χ1n) is 9.72. The third kappa shape index (κ3) is 2.73. The van der Waals surface area contributed by atoms with Crippen LogP contribution in [0.15, 0.2) is 58.7 Å². The Balaban J connectivity index is 1.38. The molecule has 28 heavy (non-hydrogen) atoms. The zero-order valence-corrected chi connectivity index (χ0v) is 16.5. The fraction of sp³-hybridized carbons (Fsp3) is 0.304. The summed E-state index contributed by atoms with van der Waals surface area (Å²) in [5.41, 5.74) is 6.52. The molecule has 142 valence electrons. The van der Waals surface area contributed by atoms with Crippen LogP contribution in [0.25, 0.3) is 0 Å². The minimum atomic E-state index is -0.0911. The van der Waals surface area contributed by atoms with Crippen molar-refractivity contribution in [3.63, 3.8) is 0 Å². The minimum absolute atomic E-state index is 0.0766. The number of hydrogen-bond donors (Lipinski definition) is 1. The van der Waals surface area contributed by atoms with Crippen molar-refractivity contribution in [3.05, 3.63) is 91.5 Å². The fourth-order valence-corrected chi connectivity index (χ4v) is 5.73. The van der Waals surface area contributed by atoms with Gasteiger partial charge in [0.1, 0.15) is 6.54 Å². The Kier molecular flexibility index (Phi) is 4.20. The van der Waals surface area contributed by atoms with Crippen molar-refractivity contribution in [3.8, 4) is 0 Å². The van der Waals surface area contributed by atoms with E-state index in [0.29, 0.717) is 24.3 Å². The molecule has 1 aromatic heterocycles. The van der Waals surface area contributed by atoms with E-state index in [9.17, 15) is 9.59 Å². The van der Waals surface area contributed by atoms with E-state index in [1.54, 1.807) is 5.38 Å². The Morgan fingerprint density at radius 1 is 1.07 bits per heavy atom. The number of carbonyl (C=O) groups is 1. The maximum Gasteiger partial charge on any atom is 0.307 e. The Morgan fingerprint density at radius 2 is 1.68 bits per heavy atom. The summed E-state index contributed by atoms with van der Waals surface area (Å²) in [6.45, 7) is 2.60. The van der Waals surface area contributed by atoms with Crippen LogP contribution in [0.4, 0.5) is 0 Å². The molecule has 1 atom stereocenters. The number of nitrogens with zero attached hydrogens (tertiary/aromatic N) is 1. The zero-order chi connectivity index (χ0) is 19.3. The van der Waals surface area contributed by atoms with E-state index in [-0.39, 0.29) is 17.3 Å². The van der Waals surface area contributed by atoms with Crippen molar-refractivity contribution in [2.45, 2.75) is 31.7 Å². The van der Waals surface area contributed by atoms with E-state index < -0.39 is 0 Å². The highest BCUT2D eigenvalue weighted by Crippen LogP contribution is 2.55. The number of fused-ring (bicyclic) bond motifs is 1. The van der Waals surface area contributed by atoms with Crippen LogP contribution < -0.4 is 10.2 Å². The molecular weight excluding hydrogens is 368 g/mol. The normalized spacial score (nSPS) is 21.8. The average Bonchev–Trinajstić information content (AvgIpc) is 3.04. The first-order chi connectivity index (χ1) is 13.6. The predicted molar refractivity (Wildman–Crippen MR) is 111 cm³/mol. The van der Waals surface area contributed by atoms with Gasteiger partial charge < -0.3 is 5.32 Å². The van der Waals surface area contributed by atoms with Gasteiger partial charge in [0, 0.05) is 29.5 Å². The largest absolute Gasteiger partial charge is 0.354 e. The molecule has 0 spiro atoms. The highest BCUT2D eigenvalue weighted by molar-refractivity contribution is 7.07. The lowest BCUT2D eigenvalue weighted by Gasteiger charge is -2.45. The Bertz CT molecular complexity index is 1070. The summed E-state index contributed by atoms with van der Waals surface area (Å²) >= 11 is 1.14. The Labute approximate surface area is 167 Å². The predicted octanol–water partition coefficient (Wildman–Crippen LogP) is 3.63. The molecular formula is C23H22N2O2S. The standard InChI is InChI=1S/C23H22N2O2S/c1-14-13-28-23(27)25(14)12-21(26)24-11-15-10-20-16-6-2-4-8-18(16)22(15)19-9-5-3-7-17(19)20/h2-9,13,15,20,22H,10-12H2,1H3,(H,24,26). The number of amides is 1. The molecule has 1 heterocycles. The number of nitrogens with one attached hydrogen (secondary N) is 1. The van der Waals surface area contributed by atoms with Gasteiger partial charge in [0.25, 0.3) is 0 Å². The van der Waals surface area contributed by atoms with Crippen molar-refractivity contribution in [1.82, 2.24) is 9.88 Å². The molecule has 2 bridgehead atoms. The molecule has 6 rings (SSSR count). The maximum atomic E-state index is 12.5. The van der Waals surface area contributed by atoms with Gasteiger partial charge in [-0.25, -0.2) is 0 Å². The molecule has 1 unspecified atom stereocenters. The van der Waals surface area contributed by atoms with Crippen molar-refractivity contribution in [2.75, 3.05) is 6.54 Å². The minimum Gasteiger partial charge on any atom is -0.354 e. The van der Waals surface area contributed by atoms with Gasteiger partial charge in [-0.3, -0.25) is 14.2 Å². The molecule has 0 saturated carbocycles. The molecule has 0 saturated heterocycles. The summed E-state index contributed by atoms with van der Waals surface area (Å²) in [4.78, 5) is 24.3. The van der Waals surface area contributed by atoms with Gasteiger partial charge in [0.15, 0.2) is 0 Å². The summed E-state index contributed by atoms with van der Waals surface area (Å²) in [7, 11) is 0. The quantitative estimate of drug-likeness (QED) is 0.740. The van der Waals surface area contributed by atoms with Crippen LogP contribution >= 0.6 is 11.3 Å². The van der Waals surface area contributed by atoms with E-state index in [4.69, 9.17) is 0 Å². The smallest absolute Gasteiger partial charge is 0.307 e. The van der Waals surface area contributed by atoms with Crippen LogP contribution in [0.5, 0.6) is 0 Å². The van der Waals surface area contributed by atoms with E-state index in [2.05, 4.69) is 53.8 Å². The van der Waals surface area contributed by atoms with E-state index in [1.165, 1.54) is 26.8 Å². The maximum absolute atomic E-state index is 12.5. The highest BCUT2D eigenvalue weighted by atomic mass is 32.1. The van der Waals surface area contributed by atoms with Gasteiger partial charge in [0.2, 0.25) is 5.91 Å². The lowest BCUT2D eigenvalue weighted by molar-refractivity contribution is -0.122. The number of rotatable bonds is 4. The van der Waals surface area contributed by atoms with Crippen LogP contribution in [0.1, 0.15) is 46.2 Å². The fourth-order valence-electron chi connectivity index (χ4n) is 5.00. The second kappa shape index (κ2) is 6.74. The molecule has 0 aliphatic heterocycles. The topological polar surface area (TPSA) is 51.1 Å². The highest BCUT2D eigenvalue weighted by Gasteiger charge is 2.42. The lowest BCUT2D eigenvalue weighted by Crippen LogP contribution is -2.40. The van der Waals surface area contributed by atoms with Gasteiger partial charge in [-0.05, 0) is 41.5 Å². The summed E-state index contributed by atoms with van der Waals surface area (Å²) in [5.74, 6) is 1.01. The van der Waals surface area contributed by atoms with Gasteiger partial charge in [-0.1, -0.05) is 59.9 Å². The van der Waals surface area contributed by atoms with Crippen molar-refractivity contribution in [2.24, 2.45) is 5.92 Å². The Hall–Kier alpha value is -2.66. The second-order valence-electron chi connectivity index (χ2n) is 7.82. The number of aromatic nitrogens is 1. The summed E-state index contributed by atoms with van der Waals surface area (Å²) in [5, 5.41) is 4.89. The van der Waals surface area contributed by atoms with Gasteiger partial charge in [0.05, 0.1) is 0 Å². The SMILES string of the molecule is Cc1csc(=O)n1CC(=O)NCC1CC2c3ccccc3C1c1ccccc12. The molecule has 2 aromatic carbocycles. The van der Waals surface area contributed by atoms with Crippen LogP contribution in [0.3, 0.4) is 0 Å². The average molecular weight is 391 g/mol. The Morgan fingerprint density at radius 3 is 2.25 bits per heavy atom. The lowest BCUT2D eigenvalue weighted by atomic mass is 9.59. The van der Waals surface area contributed by atoms with Gasteiger partial charge >= 0.3 is 4.87 Å². The van der Waals surface area contributed by atoms with Crippen molar-refractivity contribution >= 4 is 17.2 Å². The van der Waals surface area contributed by atoms with Crippen LogP contribution in [0, 0.1) is 12.8 Å². The monoisotopic (exact) mass is 390 g/mol. The number of carbonyl (C=O) groups excluding carboxylic acids is 1. The van der Waals surface area contributed by atoms with E-state index in [1.807, 2.05) is 6.92 Å². The van der Waals surface area contributed by atoms with Crippen LogP contribution in [0.2, 0.25) is 0 Å². The van der Waals surface area contributed by atoms with Crippen molar-refractivity contribution < 1.29 is 4.79 Å². The second-order valence-corrected chi connectivity index (χ2v) is 8.64. The number of aryl methyl sites for hydroxylation is 1. The van der Waals surface area contributed by atoms with Gasteiger partial charge in [-0.15, -0.1) is 0 Å². The molecule has 0 fully saturated rings. The van der Waals surface area contributed by atoms with Crippen molar-refractivity contribution in [1.29, 1.82) is 0 Å². The molecule has 3 aromatic rings.